The molecule has 218 valence electrons. The van der Waals surface area contributed by atoms with Crippen LogP contribution in [-0.4, -0.2) is 48.5 Å². The summed E-state index contributed by atoms with van der Waals surface area (Å²) in [6.45, 7) is 2.31. The first kappa shape index (κ1) is 24.1. The topological polar surface area (TPSA) is 111 Å². The largest absolute Gasteiger partial charge is 0.480 e. The van der Waals surface area contributed by atoms with Crippen LogP contribution in [0.5, 0.6) is 5.88 Å². The van der Waals surface area contributed by atoms with Crippen LogP contribution >= 0.6 is 0 Å². The summed E-state index contributed by atoms with van der Waals surface area (Å²) in [5.41, 5.74) is 1.20. The lowest BCUT2D eigenvalue weighted by atomic mass is 8.94. The van der Waals surface area contributed by atoms with Gasteiger partial charge in [0.15, 0.2) is 11.5 Å². The van der Waals surface area contributed by atoms with Crippen molar-refractivity contribution < 1.29 is 27.4 Å². The van der Waals surface area contributed by atoms with Crippen molar-refractivity contribution in [3.05, 3.63) is 40.7 Å². The summed E-state index contributed by atoms with van der Waals surface area (Å²) in [5, 5.41) is 18.2. The molecular formula is C29H27F4N7O2. The fraction of sp³-hybridized carbons (Fsp3) is 0.621. The molecule has 13 heteroatoms. The van der Waals surface area contributed by atoms with Crippen molar-refractivity contribution >= 4 is 5.82 Å². The minimum atomic E-state index is -4.47. The van der Waals surface area contributed by atoms with Crippen LogP contribution in [0, 0.1) is 47.8 Å². The Morgan fingerprint density at radius 2 is 1.90 bits per heavy atom. The molecule has 8 aliphatic carbocycles. The minimum absolute atomic E-state index is 0.0176. The number of methoxy groups -OCH3 is 1. The van der Waals surface area contributed by atoms with Gasteiger partial charge in [-0.2, -0.15) is 18.3 Å². The average molecular weight is 582 g/mol. The Labute approximate surface area is 237 Å². The molecule has 42 heavy (non-hydrogen) atoms. The van der Waals surface area contributed by atoms with Gasteiger partial charge in [-0.25, -0.2) is 24.3 Å². The maximum atomic E-state index is 15.3. The summed E-state index contributed by atoms with van der Waals surface area (Å²) in [4.78, 5) is 18.1. The van der Waals surface area contributed by atoms with Gasteiger partial charge in [0.1, 0.15) is 23.4 Å². The van der Waals surface area contributed by atoms with Gasteiger partial charge in [-0.15, -0.1) is 0 Å². The van der Waals surface area contributed by atoms with Gasteiger partial charge in [-0.3, -0.25) is 4.68 Å². The third-order valence-electron chi connectivity index (χ3n) is 12.1. The van der Waals surface area contributed by atoms with Gasteiger partial charge in [-0.1, -0.05) is 0 Å². The van der Waals surface area contributed by atoms with Crippen LogP contribution in [0.2, 0.25) is 0 Å². The van der Waals surface area contributed by atoms with Gasteiger partial charge in [0.25, 0.3) is 5.85 Å². The van der Waals surface area contributed by atoms with E-state index < -0.39 is 17.7 Å². The number of rotatable bonds is 7. The molecule has 7 unspecified atom stereocenters. The Hall–Kier alpha value is -3.35. The van der Waals surface area contributed by atoms with Crippen molar-refractivity contribution in [2.45, 2.75) is 56.1 Å². The van der Waals surface area contributed by atoms with E-state index in [2.05, 4.69) is 25.4 Å². The number of hydrogen-bond donors (Lipinski definition) is 2. The zero-order chi connectivity index (χ0) is 28.7. The molecule has 0 saturated heterocycles. The van der Waals surface area contributed by atoms with E-state index in [0.29, 0.717) is 58.7 Å². The number of anilines is 1. The Balaban J connectivity index is 1.01. The van der Waals surface area contributed by atoms with E-state index in [-0.39, 0.29) is 53.1 Å². The van der Waals surface area contributed by atoms with Crippen LogP contribution < -0.4 is 10.1 Å². The lowest BCUT2D eigenvalue weighted by molar-refractivity contribution is -0.644. The molecule has 0 spiro atoms. The van der Waals surface area contributed by atoms with E-state index in [9.17, 15) is 18.3 Å². The second kappa shape index (κ2) is 6.89. The predicted octanol–water partition coefficient (Wildman–Crippen LogP) is 3.96. The Bertz CT molecular complexity index is 1730. The number of halogens is 4. The van der Waals surface area contributed by atoms with Crippen LogP contribution in [0.1, 0.15) is 53.5 Å². The second-order valence-corrected chi connectivity index (χ2v) is 13.5. The molecule has 11 rings (SSSR count). The van der Waals surface area contributed by atoms with Crippen LogP contribution in [0.3, 0.4) is 0 Å². The van der Waals surface area contributed by atoms with E-state index in [0.717, 1.165) is 24.6 Å². The monoisotopic (exact) mass is 581 g/mol. The fourth-order valence-electron chi connectivity index (χ4n) is 10.9. The third kappa shape index (κ3) is 2.32. The predicted molar refractivity (Wildman–Crippen MR) is 137 cm³/mol. The van der Waals surface area contributed by atoms with Crippen LogP contribution in [0.15, 0.2) is 12.4 Å². The molecule has 0 bridgehead atoms. The van der Waals surface area contributed by atoms with Crippen molar-refractivity contribution in [2.24, 2.45) is 40.9 Å². The normalized spacial score (nSPS) is 40.6. The van der Waals surface area contributed by atoms with Gasteiger partial charge < -0.3 is 15.2 Å². The van der Waals surface area contributed by atoms with Crippen molar-refractivity contribution in [1.82, 2.24) is 29.7 Å². The van der Waals surface area contributed by atoms with E-state index in [1.54, 1.807) is 11.6 Å². The zero-order valence-electron chi connectivity index (χ0n) is 22.8. The summed E-state index contributed by atoms with van der Waals surface area (Å²) in [6, 6.07) is 1.16. The molecule has 0 aromatic carbocycles. The smallest absolute Gasteiger partial charge is 0.435 e. The first-order valence-electron chi connectivity index (χ1n) is 14.6. The van der Waals surface area contributed by atoms with Crippen LogP contribution in [-0.2, 0) is 24.0 Å². The molecule has 7 saturated carbocycles. The molecule has 9 nitrogen and oxygen atoms in total. The molecule has 2 N–H and O–H groups in total. The molecule has 3 aromatic rings. The number of alkyl halides is 4. The van der Waals surface area contributed by atoms with Gasteiger partial charge in [-0.05, 0) is 67.8 Å². The first-order chi connectivity index (χ1) is 20.0. The fourth-order valence-corrected chi connectivity index (χ4v) is 10.9. The Morgan fingerprint density at radius 3 is 2.57 bits per heavy atom. The maximum Gasteiger partial charge on any atom is 0.435 e. The summed E-state index contributed by atoms with van der Waals surface area (Å²) in [5.74, 6) is 1.30. The van der Waals surface area contributed by atoms with Crippen molar-refractivity contribution in [3.63, 3.8) is 0 Å². The molecule has 7 fully saturated rings. The number of nitrogens with zero attached hydrogens (tertiary/aromatic N) is 6. The number of nitrogens with one attached hydrogen (secondary N) is 1. The Morgan fingerprint density at radius 1 is 1.14 bits per heavy atom. The highest BCUT2D eigenvalue weighted by atomic mass is 19.4. The quantitative estimate of drug-likeness (QED) is 0.404. The molecule has 8 aliphatic rings. The summed E-state index contributed by atoms with van der Waals surface area (Å²) >= 11 is 0. The number of aryl methyl sites for hydroxylation is 1. The molecule has 0 amide bonds. The van der Waals surface area contributed by atoms with Crippen LogP contribution in [0.4, 0.5) is 23.4 Å². The number of fused-ring (bicyclic) bond motifs is 1. The molecular weight excluding hydrogens is 554 g/mol. The van der Waals surface area contributed by atoms with Gasteiger partial charge in [0, 0.05) is 35.6 Å². The van der Waals surface area contributed by atoms with Crippen molar-refractivity contribution in [2.75, 3.05) is 19.0 Å². The van der Waals surface area contributed by atoms with E-state index in [4.69, 9.17) is 9.72 Å². The first-order valence-corrected chi connectivity index (χ1v) is 14.6. The van der Waals surface area contributed by atoms with E-state index in [1.165, 1.54) is 13.4 Å². The van der Waals surface area contributed by atoms with E-state index >= 15 is 4.39 Å². The zero-order valence-corrected chi connectivity index (χ0v) is 22.8. The maximum absolute atomic E-state index is 15.3. The summed E-state index contributed by atoms with van der Waals surface area (Å²) in [7, 11) is 1.50. The molecule has 0 radical (unpaired) electrons. The molecule has 3 heterocycles. The standard InChI is InChI=1S/C29H27F4N7O2/c1-10-7-13(29(31,32)33)39-40(10)28-18-14-17-15(18)21(28)26(17,20(14)28)8-34-23-12-5-6-27(30,41)22(12)37-24(38-23)16-19(11-3-4-11)35-9-36-25(16)42-2/h7,9,11,14-15,17-18,20-21,41H,3-6,8H2,1-2H3,(H,34,37,38)/t14-,15+,17?,18?,20?,21?,26?,27?,28?. The van der Waals surface area contributed by atoms with E-state index in [1.807, 2.05) is 0 Å². The number of ether oxygens (including phenoxy) is 1. The van der Waals surface area contributed by atoms with Gasteiger partial charge in [0.05, 0.1) is 18.3 Å². The summed E-state index contributed by atoms with van der Waals surface area (Å²) in [6.07, 6.45) is -0.919. The summed E-state index contributed by atoms with van der Waals surface area (Å²) < 4.78 is 63.0. The third-order valence-corrected chi connectivity index (χ3v) is 12.1. The highest BCUT2D eigenvalue weighted by Gasteiger charge is 3.10. The lowest BCUT2D eigenvalue weighted by Crippen LogP contribution is -3.13. The minimum Gasteiger partial charge on any atom is -0.480 e. The van der Waals surface area contributed by atoms with Crippen molar-refractivity contribution in [1.29, 1.82) is 0 Å². The highest BCUT2D eigenvalue weighted by Crippen LogP contribution is 3.09. The van der Waals surface area contributed by atoms with Crippen molar-refractivity contribution in [3.8, 4) is 17.3 Å². The van der Waals surface area contributed by atoms with Crippen LogP contribution in [0.25, 0.3) is 11.4 Å². The number of aromatic nitrogens is 6. The number of aliphatic hydroxyl groups is 1. The van der Waals surface area contributed by atoms with Gasteiger partial charge in [0.2, 0.25) is 5.88 Å². The second-order valence-electron chi connectivity index (χ2n) is 13.5. The SMILES string of the molecule is COc1ncnc(C2CC2)c1-c1nc(NCC23C4[C@@H]5C6[C@H]4C2C6(n2nc(C(F)(F)F)cc2C)C53)c2c(n1)C(O)(F)CC2. The highest BCUT2D eigenvalue weighted by molar-refractivity contribution is 5.69. The molecule has 9 atom stereocenters. The lowest BCUT2D eigenvalue weighted by Gasteiger charge is -3.11. The Kier molecular flexibility index (Phi) is 3.96. The number of hydrogen-bond acceptors (Lipinski definition) is 8. The average Bonchev–Trinajstić information content (AvgIpc) is 3.66. The van der Waals surface area contributed by atoms with Gasteiger partial charge >= 0.3 is 6.18 Å². The molecule has 0 aliphatic heterocycles. The molecule has 3 aromatic heterocycles.